The van der Waals surface area contributed by atoms with Gasteiger partial charge in [0.2, 0.25) is 11.8 Å². The Morgan fingerprint density at radius 3 is 2.71 bits per heavy atom. The Morgan fingerprint density at radius 1 is 1.12 bits per heavy atom. The van der Waals surface area contributed by atoms with E-state index in [1.54, 1.807) is 24.4 Å². The van der Waals surface area contributed by atoms with Crippen LogP contribution in [0, 0.1) is 12.7 Å². The Balaban J connectivity index is 1.69. The molecule has 0 bridgehead atoms. The van der Waals surface area contributed by atoms with Gasteiger partial charge in [-0.25, -0.2) is 9.37 Å². The van der Waals surface area contributed by atoms with Crippen molar-refractivity contribution >= 4 is 5.95 Å². The molecular weight excluding hydrogens is 309 g/mol. The summed E-state index contributed by atoms with van der Waals surface area (Å²) in [7, 11) is 0. The first kappa shape index (κ1) is 15.7. The molecule has 0 spiro atoms. The van der Waals surface area contributed by atoms with Crippen molar-refractivity contribution in [2.45, 2.75) is 13.5 Å². The quantitative estimate of drug-likeness (QED) is 0.741. The van der Waals surface area contributed by atoms with Crippen LogP contribution in [-0.2, 0) is 6.54 Å². The number of nitrogens with zero attached hydrogens (tertiary/aromatic N) is 2. The van der Waals surface area contributed by atoms with Gasteiger partial charge in [0.05, 0.1) is 0 Å². The molecule has 0 saturated carbocycles. The van der Waals surface area contributed by atoms with E-state index in [0.717, 1.165) is 11.1 Å². The third-order valence-corrected chi connectivity index (χ3v) is 3.52. The van der Waals surface area contributed by atoms with Crippen molar-refractivity contribution in [2.75, 3.05) is 5.32 Å². The number of ether oxygens (including phenoxy) is 1. The van der Waals surface area contributed by atoms with E-state index in [9.17, 15) is 9.50 Å². The second-order valence-corrected chi connectivity index (χ2v) is 5.19. The number of aromatic nitrogens is 2. The summed E-state index contributed by atoms with van der Waals surface area (Å²) in [6.07, 6.45) is 1.57. The smallest absolute Gasteiger partial charge is 0.226 e. The number of phenols is 1. The summed E-state index contributed by atoms with van der Waals surface area (Å²) in [6, 6.07) is 12.7. The molecule has 0 aliphatic heterocycles. The van der Waals surface area contributed by atoms with Gasteiger partial charge in [0.25, 0.3) is 0 Å². The summed E-state index contributed by atoms with van der Waals surface area (Å²) in [6.45, 7) is 2.32. The first-order valence-electron chi connectivity index (χ1n) is 7.39. The van der Waals surface area contributed by atoms with Crippen LogP contribution < -0.4 is 10.1 Å². The van der Waals surface area contributed by atoms with Crippen molar-refractivity contribution in [2.24, 2.45) is 0 Å². The van der Waals surface area contributed by atoms with Gasteiger partial charge in [-0.05, 0) is 48.4 Å². The van der Waals surface area contributed by atoms with E-state index < -0.39 is 0 Å². The van der Waals surface area contributed by atoms with Crippen LogP contribution in [0.3, 0.4) is 0 Å². The molecule has 0 atom stereocenters. The summed E-state index contributed by atoms with van der Waals surface area (Å²) >= 11 is 0. The lowest BCUT2D eigenvalue weighted by atomic mass is 10.1. The number of nitrogens with one attached hydrogen (secondary N) is 1. The molecule has 0 aliphatic rings. The minimum Gasteiger partial charge on any atom is -0.508 e. The van der Waals surface area contributed by atoms with Crippen molar-refractivity contribution in [3.05, 3.63) is 71.7 Å². The van der Waals surface area contributed by atoms with E-state index in [-0.39, 0.29) is 11.6 Å². The molecule has 0 unspecified atom stereocenters. The Bertz CT molecular complexity index is 838. The van der Waals surface area contributed by atoms with Gasteiger partial charge in [-0.3, -0.25) is 0 Å². The highest BCUT2D eigenvalue weighted by molar-refractivity contribution is 5.40. The van der Waals surface area contributed by atoms with Crippen molar-refractivity contribution in [3.8, 4) is 17.4 Å². The van der Waals surface area contributed by atoms with Crippen molar-refractivity contribution in [3.63, 3.8) is 0 Å². The highest BCUT2D eigenvalue weighted by Crippen LogP contribution is 2.22. The number of rotatable bonds is 5. The number of phenolic OH excluding ortho intramolecular Hbond substituents is 1. The maximum absolute atomic E-state index is 12.9. The molecule has 0 aliphatic carbocycles. The molecule has 0 amide bonds. The topological polar surface area (TPSA) is 67.3 Å². The van der Waals surface area contributed by atoms with Crippen LogP contribution in [0.4, 0.5) is 10.3 Å². The first-order chi connectivity index (χ1) is 11.6. The predicted octanol–water partition coefficient (Wildman–Crippen LogP) is 4.03. The fourth-order valence-corrected chi connectivity index (χ4v) is 2.14. The summed E-state index contributed by atoms with van der Waals surface area (Å²) in [5.74, 6) is 1.17. The SMILES string of the molecule is Cc1c(O)cccc1CNc1nccc(Oc2ccc(F)cc2)n1. The van der Waals surface area contributed by atoms with Crippen LogP contribution in [0.2, 0.25) is 0 Å². The zero-order chi connectivity index (χ0) is 16.9. The summed E-state index contributed by atoms with van der Waals surface area (Å²) < 4.78 is 18.5. The van der Waals surface area contributed by atoms with Gasteiger partial charge in [-0.15, -0.1) is 0 Å². The van der Waals surface area contributed by atoms with Gasteiger partial charge in [0.15, 0.2) is 0 Å². The van der Waals surface area contributed by atoms with Gasteiger partial charge in [-0.2, -0.15) is 4.98 Å². The molecule has 2 aromatic carbocycles. The molecule has 0 fully saturated rings. The molecule has 5 nitrogen and oxygen atoms in total. The van der Waals surface area contributed by atoms with E-state index in [2.05, 4.69) is 15.3 Å². The van der Waals surface area contributed by atoms with Crippen LogP contribution in [0.15, 0.2) is 54.7 Å². The zero-order valence-corrected chi connectivity index (χ0v) is 13.0. The largest absolute Gasteiger partial charge is 0.508 e. The predicted molar refractivity (Wildman–Crippen MR) is 88.7 cm³/mol. The first-order valence-corrected chi connectivity index (χ1v) is 7.39. The standard InChI is InChI=1S/C18H16FN3O2/c1-12-13(3-2-4-16(12)23)11-21-18-20-10-9-17(22-18)24-15-7-5-14(19)6-8-15/h2-10,23H,11H2,1H3,(H,20,21,22). The van der Waals surface area contributed by atoms with E-state index in [1.807, 2.05) is 13.0 Å². The second kappa shape index (κ2) is 6.95. The second-order valence-electron chi connectivity index (χ2n) is 5.19. The summed E-state index contributed by atoms with van der Waals surface area (Å²) in [4.78, 5) is 8.39. The van der Waals surface area contributed by atoms with Crippen molar-refractivity contribution in [1.29, 1.82) is 0 Å². The van der Waals surface area contributed by atoms with Crippen LogP contribution >= 0.6 is 0 Å². The number of anilines is 1. The molecule has 1 aromatic heterocycles. The minimum atomic E-state index is -0.325. The monoisotopic (exact) mass is 325 g/mol. The van der Waals surface area contributed by atoms with Gasteiger partial charge in [0, 0.05) is 18.8 Å². The molecule has 3 rings (SSSR count). The number of hydrogen-bond donors (Lipinski definition) is 2. The van der Waals surface area contributed by atoms with Gasteiger partial charge in [0.1, 0.15) is 17.3 Å². The Morgan fingerprint density at radius 2 is 1.92 bits per heavy atom. The average molecular weight is 325 g/mol. The van der Waals surface area contributed by atoms with Crippen LogP contribution in [0.5, 0.6) is 17.4 Å². The lowest BCUT2D eigenvalue weighted by molar-refractivity contribution is 0.460. The van der Waals surface area contributed by atoms with Gasteiger partial charge >= 0.3 is 0 Å². The Labute approximate surface area is 138 Å². The van der Waals surface area contributed by atoms with E-state index in [1.165, 1.54) is 24.3 Å². The number of benzene rings is 2. The average Bonchev–Trinajstić information content (AvgIpc) is 2.59. The molecule has 122 valence electrons. The number of halogens is 1. The lowest BCUT2D eigenvalue weighted by Gasteiger charge is -2.10. The lowest BCUT2D eigenvalue weighted by Crippen LogP contribution is -2.05. The molecule has 6 heteroatoms. The molecule has 3 aromatic rings. The number of aromatic hydroxyl groups is 1. The third kappa shape index (κ3) is 3.78. The minimum absolute atomic E-state index is 0.253. The molecule has 0 saturated heterocycles. The van der Waals surface area contributed by atoms with Crippen molar-refractivity contribution in [1.82, 2.24) is 9.97 Å². The highest BCUT2D eigenvalue weighted by atomic mass is 19.1. The highest BCUT2D eigenvalue weighted by Gasteiger charge is 2.05. The van der Waals surface area contributed by atoms with Crippen molar-refractivity contribution < 1.29 is 14.2 Å². The van der Waals surface area contributed by atoms with E-state index in [0.29, 0.717) is 24.1 Å². The molecule has 2 N–H and O–H groups in total. The Kier molecular flexibility index (Phi) is 4.56. The summed E-state index contributed by atoms with van der Waals surface area (Å²) in [5.41, 5.74) is 1.76. The van der Waals surface area contributed by atoms with Crippen LogP contribution in [0.25, 0.3) is 0 Å². The normalized spacial score (nSPS) is 10.4. The van der Waals surface area contributed by atoms with Gasteiger partial charge in [-0.1, -0.05) is 12.1 Å². The molecule has 1 heterocycles. The molecule has 24 heavy (non-hydrogen) atoms. The fourth-order valence-electron chi connectivity index (χ4n) is 2.14. The number of hydrogen-bond acceptors (Lipinski definition) is 5. The zero-order valence-electron chi connectivity index (χ0n) is 13.0. The van der Waals surface area contributed by atoms with E-state index in [4.69, 9.17) is 4.74 Å². The maximum atomic E-state index is 12.9. The van der Waals surface area contributed by atoms with Crippen LogP contribution in [0.1, 0.15) is 11.1 Å². The maximum Gasteiger partial charge on any atom is 0.226 e. The molecule has 0 radical (unpaired) electrons. The third-order valence-electron chi connectivity index (χ3n) is 3.52. The van der Waals surface area contributed by atoms with E-state index >= 15 is 0 Å². The molecular formula is C18H16FN3O2. The fraction of sp³-hybridized carbons (Fsp3) is 0.111. The van der Waals surface area contributed by atoms with Crippen LogP contribution in [-0.4, -0.2) is 15.1 Å². The summed E-state index contributed by atoms with van der Waals surface area (Å²) in [5, 5.41) is 12.8. The van der Waals surface area contributed by atoms with Gasteiger partial charge < -0.3 is 15.2 Å². The Hall–Kier alpha value is -3.15.